The van der Waals surface area contributed by atoms with Crippen LogP contribution in [0, 0.1) is 16.6 Å². The largest absolute Gasteiger partial charge is 0.461 e. The second-order valence-electron chi connectivity index (χ2n) is 8.20. The van der Waals surface area contributed by atoms with Crippen LogP contribution < -0.4 is 11.1 Å². The lowest BCUT2D eigenvalue weighted by Gasteiger charge is -2.31. The van der Waals surface area contributed by atoms with Crippen LogP contribution in [0.15, 0.2) is 22.8 Å². The average molecular weight is 433 g/mol. The van der Waals surface area contributed by atoms with Crippen molar-refractivity contribution < 1.29 is 14.0 Å². The molecule has 1 saturated heterocycles. The summed E-state index contributed by atoms with van der Waals surface area (Å²) in [5, 5.41) is 7.75. The molecule has 2 amide bonds. The lowest BCUT2D eigenvalue weighted by atomic mass is 9.97. The fourth-order valence-corrected chi connectivity index (χ4v) is 4.12. The van der Waals surface area contributed by atoms with Crippen molar-refractivity contribution >= 4 is 24.0 Å². The Kier molecular flexibility index (Phi) is 6.33. The molecule has 9 nitrogen and oxygen atoms in total. The highest BCUT2D eigenvalue weighted by Gasteiger charge is 2.28. The highest BCUT2D eigenvalue weighted by molar-refractivity contribution is 7.71. The molecule has 1 saturated carbocycles. The lowest BCUT2D eigenvalue weighted by Crippen LogP contribution is -2.44. The van der Waals surface area contributed by atoms with Gasteiger partial charge in [-0.05, 0) is 62.5 Å². The van der Waals surface area contributed by atoms with Crippen molar-refractivity contribution in [3.63, 3.8) is 0 Å². The molecular weight excluding hydrogens is 404 g/mol. The summed E-state index contributed by atoms with van der Waals surface area (Å²) in [4.78, 5) is 26.0. The number of nitrogens with zero attached hydrogens (tertiary/aromatic N) is 4. The third-order valence-corrected chi connectivity index (χ3v) is 6.15. The minimum absolute atomic E-state index is 0.00633. The molecule has 0 aromatic carbocycles. The summed E-state index contributed by atoms with van der Waals surface area (Å²) in [6.45, 7) is 3.21. The Labute approximate surface area is 180 Å². The van der Waals surface area contributed by atoms with Crippen LogP contribution in [0.4, 0.5) is 0 Å². The van der Waals surface area contributed by atoms with Crippen LogP contribution in [0.25, 0.3) is 11.6 Å². The zero-order valence-corrected chi connectivity index (χ0v) is 17.8. The predicted molar refractivity (Wildman–Crippen MR) is 113 cm³/mol. The molecule has 3 heterocycles. The summed E-state index contributed by atoms with van der Waals surface area (Å²) < 4.78 is 9.52. The van der Waals surface area contributed by atoms with Crippen LogP contribution in [0.1, 0.15) is 32.1 Å². The molecule has 2 aliphatic rings. The second kappa shape index (κ2) is 9.13. The zero-order valence-electron chi connectivity index (χ0n) is 17.0. The number of hydrogen-bond acceptors (Lipinski definition) is 6. The van der Waals surface area contributed by atoms with E-state index in [-0.39, 0.29) is 18.2 Å². The van der Waals surface area contributed by atoms with Gasteiger partial charge < -0.3 is 15.5 Å². The van der Waals surface area contributed by atoms with E-state index in [1.54, 1.807) is 21.6 Å². The molecular formula is C20H28N6O3S. The van der Waals surface area contributed by atoms with Crippen molar-refractivity contribution in [1.29, 1.82) is 0 Å². The second-order valence-corrected chi connectivity index (χ2v) is 8.56. The first-order valence-electron chi connectivity index (χ1n) is 10.5. The van der Waals surface area contributed by atoms with Crippen molar-refractivity contribution in [3.8, 4) is 11.6 Å². The SMILES string of the molecule is NC(=O)CCn1c(-c2ccco2)nn(CN2CCCC(C(=O)NCC3CC3)C2)c1=S. The van der Waals surface area contributed by atoms with E-state index in [0.717, 1.165) is 25.9 Å². The van der Waals surface area contributed by atoms with Crippen molar-refractivity contribution in [2.75, 3.05) is 19.6 Å². The van der Waals surface area contributed by atoms with Crippen molar-refractivity contribution in [3.05, 3.63) is 23.2 Å². The maximum atomic E-state index is 12.5. The molecule has 162 valence electrons. The van der Waals surface area contributed by atoms with Crippen LogP contribution in [0.3, 0.4) is 0 Å². The summed E-state index contributed by atoms with van der Waals surface area (Å²) >= 11 is 5.63. The first kappa shape index (κ1) is 20.8. The topological polar surface area (TPSA) is 111 Å². The number of piperidine rings is 1. The van der Waals surface area contributed by atoms with E-state index in [4.69, 9.17) is 22.4 Å². The molecule has 30 heavy (non-hydrogen) atoms. The number of likely N-dealkylation sites (tertiary alicyclic amines) is 1. The number of nitrogens with one attached hydrogen (secondary N) is 1. The summed E-state index contributed by atoms with van der Waals surface area (Å²) in [5.41, 5.74) is 5.32. The number of aromatic nitrogens is 3. The van der Waals surface area contributed by atoms with Gasteiger partial charge in [0.2, 0.25) is 11.8 Å². The standard InChI is InChI=1S/C20H28N6O3S/c21-17(27)7-9-25-18(16-4-2-10-29-16)23-26(20(25)30)13-24-8-1-3-15(12-24)19(28)22-11-14-5-6-14/h2,4,10,14-15H,1,3,5-9,11-13H2,(H2,21,27)(H,22,28). The van der Waals surface area contributed by atoms with Gasteiger partial charge in [-0.3, -0.25) is 19.1 Å². The average Bonchev–Trinajstić information content (AvgIpc) is 3.30. The fourth-order valence-electron chi connectivity index (χ4n) is 3.84. The first-order valence-corrected chi connectivity index (χ1v) is 10.9. The molecule has 0 spiro atoms. The van der Waals surface area contributed by atoms with Gasteiger partial charge >= 0.3 is 0 Å². The minimum Gasteiger partial charge on any atom is -0.461 e. The monoisotopic (exact) mass is 432 g/mol. The van der Waals surface area contributed by atoms with Crippen molar-refractivity contribution in [1.82, 2.24) is 24.6 Å². The molecule has 3 N–H and O–H groups in total. The van der Waals surface area contributed by atoms with Crippen LogP contribution in [0.2, 0.25) is 0 Å². The summed E-state index contributed by atoms with van der Waals surface area (Å²) in [7, 11) is 0. The van der Waals surface area contributed by atoms with E-state index < -0.39 is 5.91 Å². The smallest absolute Gasteiger partial charge is 0.224 e. The Balaban J connectivity index is 1.46. The molecule has 1 aliphatic carbocycles. The fraction of sp³-hybridized carbons (Fsp3) is 0.600. The maximum absolute atomic E-state index is 12.5. The Morgan fingerprint density at radius 1 is 1.33 bits per heavy atom. The van der Waals surface area contributed by atoms with Crippen LogP contribution in [-0.2, 0) is 22.8 Å². The van der Waals surface area contributed by atoms with Crippen molar-refractivity contribution in [2.24, 2.45) is 17.6 Å². The minimum atomic E-state index is -0.397. The third-order valence-electron chi connectivity index (χ3n) is 5.72. The van der Waals surface area contributed by atoms with E-state index in [0.29, 0.717) is 42.0 Å². The quantitative estimate of drug-likeness (QED) is 0.584. The zero-order chi connectivity index (χ0) is 21.1. The molecule has 1 aliphatic heterocycles. The summed E-state index contributed by atoms with van der Waals surface area (Å²) in [6.07, 6.45) is 6.06. The van der Waals surface area contributed by atoms with E-state index >= 15 is 0 Å². The van der Waals surface area contributed by atoms with Gasteiger partial charge in [-0.1, -0.05) is 0 Å². The number of furan rings is 1. The molecule has 4 rings (SSSR count). The number of carbonyl (C=O) groups excluding carboxylic acids is 2. The highest BCUT2D eigenvalue weighted by Crippen LogP contribution is 2.28. The van der Waals surface area contributed by atoms with E-state index in [1.165, 1.54) is 12.8 Å². The molecule has 0 bridgehead atoms. The summed E-state index contributed by atoms with van der Waals surface area (Å²) in [5.74, 6) is 1.58. The molecule has 1 unspecified atom stereocenters. The normalized spacial score (nSPS) is 19.7. The van der Waals surface area contributed by atoms with Gasteiger partial charge in [-0.25, -0.2) is 4.68 Å². The number of nitrogens with two attached hydrogens (primary N) is 1. The van der Waals surface area contributed by atoms with Crippen LogP contribution in [0.5, 0.6) is 0 Å². The van der Waals surface area contributed by atoms with Crippen molar-refractivity contribution in [2.45, 2.75) is 45.3 Å². The first-order chi connectivity index (χ1) is 14.5. The van der Waals surface area contributed by atoms with Gasteiger partial charge in [0, 0.05) is 26.1 Å². The predicted octanol–water partition coefficient (Wildman–Crippen LogP) is 1.75. The number of carbonyl (C=O) groups is 2. The lowest BCUT2D eigenvalue weighted by molar-refractivity contribution is -0.127. The highest BCUT2D eigenvalue weighted by atomic mass is 32.1. The molecule has 10 heteroatoms. The van der Waals surface area contributed by atoms with Gasteiger partial charge in [0.15, 0.2) is 16.4 Å². The molecule has 2 aromatic heterocycles. The van der Waals surface area contributed by atoms with Crippen LogP contribution >= 0.6 is 12.2 Å². The van der Waals surface area contributed by atoms with E-state index in [2.05, 4.69) is 15.3 Å². The molecule has 0 radical (unpaired) electrons. The Morgan fingerprint density at radius 2 is 2.17 bits per heavy atom. The van der Waals surface area contributed by atoms with Crippen LogP contribution in [-0.4, -0.2) is 50.7 Å². The maximum Gasteiger partial charge on any atom is 0.224 e. The Bertz CT molecular complexity index is 946. The van der Waals surface area contributed by atoms with Gasteiger partial charge in [0.1, 0.15) is 0 Å². The summed E-state index contributed by atoms with van der Waals surface area (Å²) in [6, 6.07) is 3.59. The van der Waals surface area contributed by atoms with Gasteiger partial charge in [0.05, 0.1) is 18.8 Å². The molecule has 1 atom stereocenters. The number of rotatable bonds is 9. The number of amides is 2. The Hall–Kier alpha value is -2.46. The third kappa shape index (κ3) is 4.99. The molecule has 2 aromatic rings. The Morgan fingerprint density at radius 3 is 2.87 bits per heavy atom. The van der Waals surface area contributed by atoms with Gasteiger partial charge in [-0.15, -0.1) is 5.10 Å². The van der Waals surface area contributed by atoms with E-state index in [1.807, 2.05) is 6.07 Å². The van der Waals surface area contributed by atoms with Gasteiger partial charge in [0.25, 0.3) is 0 Å². The van der Waals surface area contributed by atoms with Gasteiger partial charge in [-0.2, -0.15) is 0 Å². The number of primary amides is 1. The van der Waals surface area contributed by atoms with E-state index in [9.17, 15) is 9.59 Å². The number of hydrogen-bond donors (Lipinski definition) is 2. The molecule has 2 fully saturated rings.